The van der Waals surface area contributed by atoms with E-state index in [4.69, 9.17) is 0 Å². The highest BCUT2D eigenvalue weighted by atomic mass is 16.1. The van der Waals surface area contributed by atoms with Gasteiger partial charge in [-0.2, -0.15) is 5.10 Å². The van der Waals surface area contributed by atoms with Crippen LogP contribution in [0.1, 0.15) is 20.8 Å². The van der Waals surface area contributed by atoms with Gasteiger partial charge >= 0.3 is 0 Å². The van der Waals surface area contributed by atoms with E-state index in [2.05, 4.69) is 5.10 Å². The number of hydrogen-bond donors (Lipinski definition) is 0. The summed E-state index contributed by atoms with van der Waals surface area (Å²) in [5, 5.41) is 5.64. The Balaban J connectivity index is 0.000000774. The summed E-state index contributed by atoms with van der Waals surface area (Å²) in [4.78, 5) is 23.6. The van der Waals surface area contributed by atoms with E-state index in [9.17, 15) is 9.59 Å². The Bertz CT molecular complexity index is 859. The summed E-state index contributed by atoms with van der Waals surface area (Å²) in [5.74, 6) is 0.00904. The van der Waals surface area contributed by atoms with Gasteiger partial charge in [0.1, 0.15) is 0 Å². The van der Waals surface area contributed by atoms with Crippen LogP contribution in [0.4, 0.5) is 0 Å². The number of carbonyl (C=O) groups excluding carboxylic acids is 1. The molecular formula is C16H19N3O2. The van der Waals surface area contributed by atoms with Crippen molar-refractivity contribution in [2.75, 3.05) is 0 Å². The van der Waals surface area contributed by atoms with E-state index in [0.29, 0.717) is 5.39 Å². The van der Waals surface area contributed by atoms with Crippen molar-refractivity contribution in [1.82, 2.24) is 14.3 Å². The lowest BCUT2D eigenvalue weighted by atomic mass is 10.1. The third kappa shape index (κ3) is 2.46. The molecule has 0 aliphatic heterocycles. The van der Waals surface area contributed by atoms with Gasteiger partial charge in [-0.25, -0.2) is 0 Å². The summed E-state index contributed by atoms with van der Waals surface area (Å²) < 4.78 is 3.21. The first-order valence-corrected chi connectivity index (χ1v) is 7.02. The molecule has 3 rings (SSSR count). The third-order valence-electron chi connectivity index (χ3n) is 3.27. The molecule has 110 valence electrons. The first-order valence-electron chi connectivity index (χ1n) is 7.02. The zero-order valence-electron chi connectivity index (χ0n) is 12.8. The van der Waals surface area contributed by atoms with E-state index >= 15 is 0 Å². The third-order valence-corrected chi connectivity index (χ3v) is 3.27. The number of aromatic nitrogens is 3. The van der Waals surface area contributed by atoms with Crippen molar-refractivity contribution in [3.8, 4) is 0 Å². The van der Waals surface area contributed by atoms with Crippen LogP contribution in [-0.4, -0.2) is 20.1 Å². The summed E-state index contributed by atoms with van der Waals surface area (Å²) >= 11 is 0. The van der Waals surface area contributed by atoms with Gasteiger partial charge in [0.25, 0.3) is 5.56 Å². The number of fused-ring (bicyclic) bond motifs is 3. The maximum atomic E-state index is 12.3. The van der Waals surface area contributed by atoms with E-state index in [1.807, 2.05) is 38.1 Å². The molecule has 0 N–H and O–H groups in total. The van der Waals surface area contributed by atoms with Gasteiger partial charge in [0.05, 0.1) is 29.2 Å². The van der Waals surface area contributed by atoms with Crippen molar-refractivity contribution in [3.05, 3.63) is 40.8 Å². The van der Waals surface area contributed by atoms with E-state index < -0.39 is 0 Å². The minimum atomic E-state index is -0.0940. The molecule has 0 aliphatic rings. The molecule has 2 aromatic heterocycles. The molecule has 2 heterocycles. The first kappa shape index (κ1) is 15.0. The largest absolute Gasteiger partial charge is 0.311 e. The highest BCUT2D eigenvalue weighted by molar-refractivity contribution is 6.03. The molecule has 0 saturated heterocycles. The lowest BCUT2D eigenvalue weighted by Gasteiger charge is -2.08. The number of para-hydroxylation sites is 1. The van der Waals surface area contributed by atoms with Gasteiger partial charge in [-0.3, -0.25) is 14.3 Å². The smallest absolute Gasteiger partial charge is 0.261 e. The Morgan fingerprint density at radius 2 is 1.86 bits per heavy atom. The predicted octanol–water partition coefficient (Wildman–Crippen LogP) is 2.50. The van der Waals surface area contributed by atoms with Crippen LogP contribution in [0.25, 0.3) is 21.8 Å². The number of carbonyl (C=O) groups is 1. The van der Waals surface area contributed by atoms with E-state index in [1.54, 1.807) is 16.3 Å². The average molecular weight is 285 g/mol. The number of pyridine rings is 1. The summed E-state index contributed by atoms with van der Waals surface area (Å²) in [6, 6.07) is 7.63. The van der Waals surface area contributed by atoms with Crippen molar-refractivity contribution in [3.63, 3.8) is 0 Å². The number of hydrogen-bond acceptors (Lipinski definition) is 3. The molecule has 0 aliphatic carbocycles. The Morgan fingerprint density at radius 3 is 2.52 bits per heavy atom. The number of aryl methyl sites for hydroxylation is 1. The molecule has 0 unspecified atom stereocenters. The maximum Gasteiger partial charge on any atom is 0.261 e. The SMILES string of the molecule is CC.CC(=O)Cn1ncc2c(=O)n(C)c3ccccc3c21. The number of rotatable bonds is 2. The Hall–Kier alpha value is -2.43. The van der Waals surface area contributed by atoms with Crippen LogP contribution >= 0.6 is 0 Å². The molecule has 0 saturated carbocycles. The fraction of sp³-hybridized carbons (Fsp3) is 0.312. The van der Waals surface area contributed by atoms with Crippen LogP contribution in [0.2, 0.25) is 0 Å². The summed E-state index contributed by atoms with van der Waals surface area (Å²) in [6.45, 7) is 5.69. The summed E-state index contributed by atoms with van der Waals surface area (Å²) in [7, 11) is 1.74. The summed E-state index contributed by atoms with van der Waals surface area (Å²) in [6.07, 6.45) is 1.53. The van der Waals surface area contributed by atoms with Gasteiger partial charge in [-0.05, 0) is 13.0 Å². The Labute approximate surface area is 122 Å². The Kier molecular flexibility index (Phi) is 4.21. The van der Waals surface area contributed by atoms with Crippen molar-refractivity contribution in [1.29, 1.82) is 0 Å². The predicted molar refractivity (Wildman–Crippen MR) is 84.5 cm³/mol. The number of benzene rings is 1. The van der Waals surface area contributed by atoms with Crippen molar-refractivity contribution < 1.29 is 4.79 Å². The molecule has 5 heteroatoms. The first-order chi connectivity index (χ1) is 10.1. The van der Waals surface area contributed by atoms with Crippen LogP contribution in [0.3, 0.4) is 0 Å². The van der Waals surface area contributed by atoms with Gasteiger partial charge < -0.3 is 4.57 Å². The van der Waals surface area contributed by atoms with Crippen LogP contribution in [0, 0.1) is 0 Å². The highest BCUT2D eigenvalue weighted by Crippen LogP contribution is 2.21. The van der Waals surface area contributed by atoms with Gasteiger partial charge in [-0.15, -0.1) is 0 Å². The van der Waals surface area contributed by atoms with Crippen LogP contribution < -0.4 is 5.56 Å². The van der Waals surface area contributed by atoms with Crippen LogP contribution in [0.15, 0.2) is 35.3 Å². The van der Waals surface area contributed by atoms with E-state index in [1.165, 1.54) is 13.1 Å². The number of ketones is 1. The molecule has 0 radical (unpaired) electrons. The zero-order valence-corrected chi connectivity index (χ0v) is 12.8. The molecule has 1 aromatic carbocycles. The second kappa shape index (κ2) is 5.91. The molecule has 3 aromatic rings. The van der Waals surface area contributed by atoms with Gasteiger partial charge in [0.15, 0.2) is 5.78 Å². The van der Waals surface area contributed by atoms with Gasteiger partial charge in [0.2, 0.25) is 0 Å². The fourth-order valence-electron chi connectivity index (χ4n) is 2.41. The van der Waals surface area contributed by atoms with Crippen LogP contribution in [0.5, 0.6) is 0 Å². The molecule has 5 nitrogen and oxygen atoms in total. The lowest BCUT2D eigenvalue weighted by molar-refractivity contribution is -0.117. The number of nitrogens with zero attached hydrogens (tertiary/aromatic N) is 3. The molecule has 0 amide bonds. The van der Waals surface area contributed by atoms with Crippen molar-refractivity contribution in [2.45, 2.75) is 27.3 Å². The summed E-state index contributed by atoms with van der Waals surface area (Å²) in [5.41, 5.74) is 1.47. The molecular weight excluding hydrogens is 266 g/mol. The number of Topliss-reactive ketones (excluding diaryl/α,β-unsaturated/α-hetero) is 1. The quantitative estimate of drug-likeness (QED) is 0.727. The monoisotopic (exact) mass is 285 g/mol. The minimum absolute atomic E-state index is 0.00904. The maximum absolute atomic E-state index is 12.3. The van der Waals surface area contributed by atoms with Gasteiger partial charge in [0, 0.05) is 12.4 Å². The second-order valence-electron chi connectivity index (χ2n) is 4.65. The van der Waals surface area contributed by atoms with E-state index in [-0.39, 0.29) is 17.9 Å². The topological polar surface area (TPSA) is 56.9 Å². The minimum Gasteiger partial charge on any atom is -0.311 e. The molecule has 0 fully saturated rings. The molecule has 0 atom stereocenters. The average Bonchev–Trinajstić information content (AvgIpc) is 2.90. The normalized spacial score (nSPS) is 10.5. The molecule has 0 bridgehead atoms. The lowest BCUT2D eigenvalue weighted by Crippen LogP contribution is -2.17. The van der Waals surface area contributed by atoms with Gasteiger partial charge in [-0.1, -0.05) is 32.0 Å². The second-order valence-corrected chi connectivity index (χ2v) is 4.65. The fourth-order valence-corrected chi connectivity index (χ4v) is 2.41. The van der Waals surface area contributed by atoms with Crippen molar-refractivity contribution in [2.24, 2.45) is 7.05 Å². The molecule has 0 spiro atoms. The standard InChI is InChI=1S/C14H13N3O2.C2H6/c1-9(18)8-17-13-10-5-3-4-6-12(10)16(2)14(19)11(13)7-15-17;1-2/h3-7H,8H2,1-2H3;1-2H3. The van der Waals surface area contributed by atoms with Crippen molar-refractivity contribution >= 4 is 27.6 Å². The molecule has 21 heavy (non-hydrogen) atoms. The Morgan fingerprint density at radius 1 is 1.19 bits per heavy atom. The van der Waals surface area contributed by atoms with E-state index in [0.717, 1.165) is 16.4 Å². The highest BCUT2D eigenvalue weighted by Gasteiger charge is 2.13. The van der Waals surface area contributed by atoms with Crippen LogP contribution in [-0.2, 0) is 18.4 Å². The zero-order chi connectivity index (χ0) is 15.6.